The molecule has 4 aromatic heterocycles. The fourth-order valence-electron chi connectivity index (χ4n) is 4.54. The van der Waals surface area contributed by atoms with Crippen LogP contribution in [-0.4, -0.2) is 43.8 Å². The number of hydrogen-bond donors (Lipinski definition) is 0. The lowest BCUT2D eigenvalue weighted by atomic mass is 10.1. The summed E-state index contributed by atoms with van der Waals surface area (Å²) in [5, 5.41) is -0.208. The van der Waals surface area contributed by atoms with Crippen LogP contribution in [0.1, 0.15) is 12.1 Å². The normalized spacial score (nSPS) is 13.7. The molecule has 0 saturated heterocycles. The number of ether oxygens (including phenoxy) is 2. The molecule has 0 unspecified atom stereocenters. The van der Waals surface area contributed by atoms with Crippen LogP contribution >= 0.6 is 11.6 Å². The number of nitrogens with zero attached hydrogens (tertiary/aromatic N) is 5. The van der Waals surface area contributed by atoms with E-state index < -0.39 is 22.9 Å². The van der Waals surface area contributed by atoms with Crippen LogP contribution in [0.25, 0.3) is 33.6 Å². The highest BCUT2D eigenvalue weighted by Gasteiger charge is 2.24. The highest BCUT2D eigenvalue weighted by Crippen LogP contribution is 2.29. The van der Waals surface area contributed by atoms with Crippen molar-refractivity contribution in [3.63, 3.8) is 0 Å². The van der Waals surface area contributed by atoms with Gasteiger partial charge in [-0.2, -0.15) is 0 Å². The van der Waals surface area contributed by atoms with Crippen LogP contribution in [0.15, 0.2) is 64.5 Å². The lowest BCUT2D eigenvalue weighted by molar-refractivity contribution is 0.161. The average molecular weight is 538 g/mol. The zero-order valence-electron chi connectivity index (χ0n) is 19.8. The minimum absolute atomic E-state index is 0.000943. The van der Waals surface area contributed by atoms with Gasteiger partial charge in [0.25, 0.3) is 5.56 Å². The SMILES string of the molecule is COc1nc(C2=CCOCC2)cc2c1c(=O)n(-c1cnc3cc(F)ccn13)c(=O)n2-c1ccc(F)c(Cl)c1. The molecule has 5 aromatic rings. The molecule has 6 rings (SSSR count). The Labute approximate surface area is 217 Å². The van der Waals surface area contributed by atoms with Gasteiger partial charge in [0.2, 0.25) is 5.88 Å². The van der Waals surface area contributed by atoms with E-state index in [-0.39, 0.29) is 39.0 Å². The number of fused-ring (bicyclic) bond motifs is 2. The molecule has 0 radical (unpaired) electrons. The molecule has 1 aromatic carbocycles. The Morgan fingerprint density at radius 3 is 2.68 bits per heavy atom. The summed E-state index contributed by atoms with van der Waals surface area (Å²) < 4.78 is 42.3. The lowest BCUT2D eigenvalue weighted by Gasteiger charge is -2.18. The van der Waals surface area contributed by atoms with Gasteiger partial charge in [0.05, 0.1) is 48.4 Å². The molecule has 5 heterocycles. The van der Waals surface area contributed by atoms with E-state index in [1.807, 2.05) is 6.08 Å². The minimum Gasteiger partial charge on any atom is -0.480 e. The zero-order valence-corrected chi connectivity index (χ0v) is 20.6. The summed E-state index contributed by atoms with van der Waals surface area (Å²) in [6.07, 6.45) is 5.08. The fourth-order valence-corrected chi connectivity index (χ4v) is 4.72. The molecule has 1 aliphatic heterocycles. The Morgan fingerprint density at radius 1 is 1.11 bits per heavy atom. The van der Waals surface area contributed by atoms with Gasteiger partial charge in [0.1, 0.15) is 28.5 Å². The Hall–Kier alpha value is -4.35. The van der Waals surface area contributed by atoms with Crippen molar-refractivity contribution in [1.29, 1.82) is 0 Å². The first-order valence-corrected chi connectivity index (χ1v) is 11.9. The third-order valence-electron chi connectivity index (χ3n) is 6.34. The third kappa shape index (κ3) is 3.78. The molecule has 0 spiro atoms. The van der Waals surface area contributed by atoms with Crippen LogP contribution < -0.4 is 16.0 Å². The Balaban J connectivity index is 1.77. The van der Waals surface area contributed by atoms with E-state index in [0.29, 0.717) is 25.3 Å². The minimum atomic E-state index is -0.781. The predicted octanol–water partition coefficient (Wildman–Crippen LogP) is 3.93. The Kier molecular flexibility index (Phi) is 5.81. The highest BCUT2D eigenvalue weighted by atomic mass is 35.5. The smallest absolute Gasteiger partial charge is 0.342 e. The lowest BCUT2D eigenvalue weighted by Crippen LogP contribution is -2.39. The predicted molar refractivity (Wildman–Crippen MR) is 137 cm³/mol. The first-order valence-electron chi connectivity index (χ1n) is 11.5. The van der Waals surface area contributed by atoms with Crippen molar-refractivity contribution in [2.75, 3.05) is 20.3 Å². The second-order valence-electron chi connectivity index (χ2n) is 8.51. The van der Waals surface area contributed by atoms with Crippen molar-refractivity contribution in [1.82, 2.24) is 23.5 Å². The number of methoxy groups -OCH3 is 1. The van der Waals surface area contributed by atoms with Crippen LogP contribution in [0.4, 0.5) is 8.78 Å². The molecule has 0 fully saturated rings. The fraction of sp³-hybridized carbons (Fsp3) is 0.154. The van der Waals surface area contributed by atoms with E-state index >= 15 is 0 Å². The molecule has 0 atom stereocenters. The molecular weight excluding hydrogens is 520 g/mol. The van der Waals surface area contributed by atoms with Crippen LogP contribution in [0.5, 0.6) is 5.88 Å². The molecule has 0 saturated carbocycles. The number of aromatic nitrogens is 5. The summed E-state index contributed by atoms with van der Waals surface area (Å²) in [4.78, 5) is 36.7. The topological polar surface area (TPSA) is 92.7 Å². The summed E-state index contributed by atoms with van der Waals surface area (Å²) in [5.74, 6) is -1.14. The van der Waals surface area contributed by atoms with Crippen molar-refractivity contribution in [3.8, 4) is 17.4 Å². The van der Waals surface area contributed by atoms with Gasteiger partial charge in [-0.3, -0.25) is 13.8 Å². The number of imidazole rings is 1. The molecule has 12 heteroatoms. The molecular formula is C26H18ClF2N5O4. The van der Waals surface area contributed by atoms with Crippen molar-refractivity contribution >= 4 is 33.7 Å². The molecule has 0 N–H and O–H groups in total. The van der Waals surface area contributed by atoms with Gasteiger partial charge >= 0.3 is 5.69 Å². The van der Waals surface area contributed by atoms with E-state index in [0.717, 1.165) is 16.2 Å². The summed E-state index contributed by atoms with van der Waals surface area (Å²) >= 11 is 6.07. The van der Waals surface area contributed by atoms with Gasteiger partial charge in [-0.05, 0) is 42.3 Å². The third-order valence-corrected chi connectivity index (χ3v) is 6.63. The number of hydrogen-bond acceptors (Lipinski definition) is 6. The van der Waals surface area contributed by atoms with Gasteiger partial charge in [-0.25, -0.2) is 28.1 Å². The maximum atomic E-state index is 14.1. The highest BCUT2D eigenvalue weighted by molar-refractivity contribution is 6.30. The van der Waals surface area contributed by atoms with Gasteiger partial charge in [0, 0.05) is 12.3 Å². The van der Waals surface area contributed by atoms with Gasteiger partial charge in [0.15, 0.2) is 0 Å². The van der Waals surface area contributed by atoms with E-state index in [9.17, 15) is 18.4 Å². The summed E-state index contributed by atoms with van der Waals surface area (Å²) in [6, 6.07) is 7.76. The first kappa shape index (κ1) is 24.0. The summed E-state index contributed by atoms with van der Waals surface area (Å²) in [7, 11) is 1.37. The number of rotatable bonds is 4. The average Bonchev–Trinajstić information content (AvgIpc) is 3.33. The van der Waals surface area contributed by atoms with Gasteiger partial charge in [-0.1, -0.05) is 17.7 Å². The maximum absolute atomic E-state index is 14.1. The zero-order chi connectivity index (χ0) is 26.6. The summed E-state index contributed by atoms with van der Waals surface area (Å²) in [6.45, 7) is 0.888. The number of halogens is 3. The van der Waals surface area contributed by atoms with Crippen LogP contribution in [0.3, 0.4) is 0 Å². The van der Waals surface area contributed by atoms with Crippen LogP contribution in [0, 0.1) is 11.6 Å². The Bertz CT molecular complexity index is 1910. The van der Waals surface area contributed by atoms with E-state index in [4.69, 9.17) is 21.1 Å². The maximum Gasteiger partial charge on any atom is 0.342 e. The van der Waals surface area contributed by atoms with Gasteiger partial charge in [-0.15, -0.1) is 0 Å². The molecule has 1 aliphatic rings. The van der Waals surface area contributed by atoms with Crippen molar-refractivity contribution in [3.05, 3.63) is 98.1 Å². The molecule has 9 nitrogen and oxygen atoms in total. The molecule has 0 bridgehead atoms. The van der Waals surface area contributed by atoms with Crippen molar-refractivity contribution < 1.29 is 18.3 Å². The largest absolute Gasteiger partial charge is 0.480 e. The molecule has 192 valence electrons. The molecule has 38 heavy (non-hydrogen) atoms. The summed E-state index contributed by atoms with van der Waals surface area (Å²) in [5.41, 5.74) is 0.443. The second kappa shape index (κ2) is 9.19. The first-order chi connectivity index (χ1) is 18.4. The molecule has 0 amide bonds. The van der Waals surface area contributed by atoms with E-state index in [2.05, 4.69) is 9.97 Å². The van der Waals surface area contributed by atoms with Gasteiger partial charge < -0.3 is 9.47 Å². The van der Waals surface area contributed by atoms with E-state index in [1.165, 1.54) is 52.7 Å². The van der Waals surface area contributed by atoms with E-state index in [1.54, 1.807) is 6.07 Å². The monoisotopic (exact) mass is 537 g/mol. The van der Waals surface area contributed by atoms with Crippen molar-refractivity contribution in [2.45, 2.75) is 6.42 Å². The van der Waals surface area contributed by atoms with Crippen molar-refractivity contribution in [2.24, 2.45) is 0 Å². The standard InChI is InChI=1S/C26H18ClF2N5O4/c1-37-24-23-20(12-19(31-24)14-5-8-38-9-6-14)33(16-2-3-18(29)17(27)11-16)26(36)34(25(23)35)22-13-30-21-10-15(28)4-7-32(21)22/h2-5,7,10-13H,6,8-9H2,1H3. The molecule has 0 aliphatic carbocycles. The Morgan fingerprint density at radius 2 is 1.95 bits per heavy atom. The number of pyridine rings is 2. The second-order valence-corrected chi connectivity index (χ2v) is 8.92. The van der Waals surface area contributed by atoms with Crippen LogP contribution in [0.2, 0.25) is 5.02 Å². The van der Waals surface area contributed by atoms with Crippen LogP contribution in [-0.2, 0) is 4.74 Å². The number of benzene rings is 1. The quantitative estimate of drug-likeness (QED) is 0.345.